The van der Waals surface area contributed by atoms with E-state index in [1.54, 1.807) is 66.7 Å². The molecule has 0 fully saturated rings. The second kappa shape index (κ2) is 16.0. The summed E-state index contributed by atoms with van der Waals surface area (Å²) in [5.41, 5.74) is 2.06. The first-order valence-corrected chi connectivity index (χ1v) is 15.1. The van der Waals surface area contributed by atoms with Crippen LogP contribution < -0.4 is 30.2 Å². The fraction of sp³-hybridized carbons (Fsp3) is 0.171. The van der Waals surface area contributed by atoms with Crippen molar-refractivity contribution in [3.63, 3.8) is 0 Å². The lowest BCUT2D eigenvalue weighted by atomic mass is 10.1. The van der Waals surface area contributed by atoms with E-state index in [9.17, 15) is 14.4 Å². The Morgan fingerprint density at radius 2 is 1.49 bits per heavy atom. The van der Waals surface area contributed by atoms with Gasteiger partial charge in [0.2, 0.25) is 5.91 Å². The smallest absolute Gasteiger partial charge is 0.272 e. The molecule has 1 unspecified atom stereocenters. The zero-order valence-electron chi connectivity index (χ0n) is 25.5. The maximum atomic E-state index is 13.5. The fourth-order valence-corrected chi connectivity index (χ4v) is 5.15. The van der Waals surface area contributed by atoms with E-state index in [0.717, 1.165) is 4.90 Å². The number of carbonyl (C=O) groups is 3. The molecule has 4 aromatic carbocycles. The number of para-hydroxylation sites is 3. The van der Waals surface area contributed by atoms with Crippen LogP contribution >= 0.6 is 11.8 Å². The van der Waals surface area contributed by atoms with Crippen LogP contribution in [0.2, 0.25) is 0 Å². The van der Waals surface area contributed by atoms with Crippen LogP contribution in [0.1, 0.15) is 29.8 Å². The Morgan fingerprint density at radius 1 is 0.800 bits per heavy atom. The van der Waals surface area contributed by atoms with E-state index in [1.807, 2.05) is 44.2 Å². The van der Waals surface area contributed by atoms with Crippen LogP contribution in [0.3, 0.4) is 0 Å². The minimum Gasteiger partial charge on any atom is -0.493 e. The van der Waals surface area contributed by atoms with Gasteiger partial charge in [0.25, 0.3) is 11.8 Å². The van der Waals surface area contributed by atoms with Gasteiger partial charge in [-0.15, -0.1) is 11.8 Å². The van der Waals surface area contributed by atoms with Gasteiger partial charge in [-0.05, 0) is 74.5 Å². The Morgan fingerprint density at radius 3 is 2.18 bits per heavy atom. The van der Waals surface area contributed by atoms with Crippen LogP contribution in [0.25, 0.3) is 6.08 Å². The van der Waals surface area contributed by atoms with E-state index >= 15 is 0 Å². The van der Waals surface area contributed by atoms with Gasteiger partial charge in [0.1, 0.15) is 11.4 Å². The van der Waals surface area contributed by atoms with Gasteiger partial charge in [-0.3, -0.25) is 14.4 Å². The molecule has 0 heterocycles. The number of anilines is 2. The molecule has 0 saturated carbocycles. The molecule has 232 valence electrons. The Hall–Kier alpha value is -5.22. The largest absolute Gasteiger partial charge is 0.493 e. The average Bonchev–Trinajstić information content (AvgIpc) is 3.06. The van der Waals surface area contributed by atoms with Crippen LogP contribution in [-0.2, 0) is 9.59 Å². The third-order valence-electron chi connectivity index (χ3n) is 6.50. The Kier molecular flexibility index (Phi) is 11.6. The molecule has 3 N–H and O–H groups in total. The van der Waals surface area contributed by atoms with Gasteiger partial charge in [-0.25, -0.2) is 0 Å². The third kappa shape index (κ3) is 8.90. The molecule has 45 heavy (non-hydrogen) atoms. The van der Waals surface area contributed by atoms with E-state index in [4.69, 9.17) is 14.2 Å². The normalized spacial score (nSPS) is 11.6. The minimum atomic E-state index is -0.537. The van der Waals surface area contributed by atoms with Crippen molar-refractivity contribution in [2.75, 3.05) is 31.5 Å². The molecule has 1 atom stereocenters. The number of nitrogens with one attached hydrogen (secondary N) is 3. The highest BCUT2D eigenvalue weighted by Crippen LogP contribution is 2.32. The van der Waals surface area contributed by atoms with E-state index in [-0.39, 0.29) is 11.6 Å². The molecule has 0 bridgehead atoms. The standard InChI is InChI=1S/C35H35N3O6S/c1-5-44-30-16-10-9-15-28(30)37-33(39)23(2)45-27-20-18-26(19-21-27)36-35(41)29(38-34(40)24-12-7-6-8-13-24)22-25-14-11-17-31(42-3)32(25)43-4/h6-23H,5H2,1-4H3,(H,36,41)(H,37,39)(H,38,40)/b29-22-. The summed E-state index contributed by atoms with van der Waals surface area (Å²) in [7, 11) is 3.02. The maximum absolute atomic E-state index is 13.5. The maximum Gasteiger partial charge on any atom is 0.272 e. The van der Waals surface area contributed by atoms with Crippen molar-refractivity contribution >= 4 is 46.9 Å². The number of hydrogen-bond acceptors (Lipinski definition) is 7. The van der Waals surface area contributed by atoms with Gasteiger partial charge in [-0.2, -0.15) is 0 Å². The second-order valence-electron chi connectivity index (χ2n) is 9.62. The van der Waals surface area contributed by atoms with Crippen molar-refractivity contribution < 1.29 is 28.6 Å². The molecule has 3 amide bonds. The van der Waals surface area contributed by atoms with Gasteiger partial charge in [0, 0.05) is 21.7 Å². The predicted molar refractivity (Wildman–Crippen MR) is 178 cm³/mol. The SMILES string of the molecule is CCOc1ccccc1NC(=O)C(C)Sc1ccc(NC(=O)/C(=C/c2cccc(OC)c2OC)NC(=O)c2ccccc2)cc1. The van der Waals surface area contributed by atoms with Gasteiger partial charge in [-0.1, -0.05) is 42.5 Å². The molecule has 0 aliphatic carbocycles. The van der Waals surface area contributed by atoms with Crippen LogP contribution in [0.5, 0.6) is 17.2 Å². The first kappa shape index (κ1) is 32.7. The lowest BCUT2D eigenvalue weighted by Gasteiger charge is -2.15. The summed E-state index contributed by atoms with van der Waals surface area (Å²) in [6.45, 7) is 4.20. The number of thioether (sulfide) groups is 1. The van der Waals surface area contributed by atoms with Crippen LogP contribution in [0.4, 0.5) is 11.4 Å². The summed E-state index contributed by atoms with van der Waals surface area (Å²) in [4.78, 5) is 40.2. The van der Waals surface area contributed by atoms with Crippen molar-refractivity contribution in [1.29, 1.82) is 0 Å². The minimum absolute atomic E-state index is 0.00600. The summed E-state index contributed by atoms with van der Waals surface area (Å²) >= 11 is 1.38. The first-order valence-electron chi connectivity index (χ1n) is 14.2. The van der Waals surface area contributed by atoms with E-state index in [1.165, 1.54) is 32.1 Å². The van der Waals surface area contributed by atoms with E-state index in [2.05, 4.69) is 16.0 Å². The Labute approximate surface area is 267 Å². The summed E-state index contributed by atoms with van der Waals surface area (Å²) in [5.74, 6) is 0.368. The van der Waals surface area contributed by atoms with E-state index in [0.29, 0.717) is 46.4 Å². The predicted octanol–water partition coefficient (Wildman–Crippen LogP) is 6.63. The quantitative estimate of drug-likeness (QED) is 0.113. The van der Waals surface area contributed by atoms with Crippen molar-refractivity contribution in [3.05, 3.63) is 114 Å². The molecule has 4 rings (SSSR count). The molecule has 0 radical (unpaired) electrons. The monoisotopic (exact) mass is 625 g/mol. The van der Waals surface area contributed by atoms with Gasteiger partial charge >= 0.3 is 0 Å². The van der Waals surface area contributed by atoms with Crippen LogP contribution in [0.15, 0.2) is 108 Å². The molecule has 9 nitrogen and oxygen atoms in total. The molecule has 0 aromatic heterocycles. The second-order valence-corrected chi connectivity index (χ2v) is 11.0. The Bertz CT molecular complexity index is 1660. The number of methoxy groups -OCH3 is 2. The summed E-state index contributed by atoms with van der Waals surface area (Å²) in [6, 6.07) is 28.3. The van der Waals surface area contributed by atoms with Crippen LogP contribution in [-0.4, -0.2) is 43.8 Å². The first-order chi connectivity index (χ1) is 21.8. The average molecular weight is 626 g/mol. The van der Waals surface area contributed by atoms with Crippen molar-refractivity contribution in [1.82, 2.24) is 5.32 Å². The third-order valence-corrected chi connectivity index (χ3v) is 7.61. The molecule has 0 aliphatic heterocycles. The lowest BCUT2D eigenvalue weighted by Crippen LogP contribution is -2.30. The lowest BCUT2D eigenvalue weighted by molar-refractivity contribution is -0.115. The number of rotatable bonds is 13. The van der Waals surface area contributed by atoms with Crippen LogP contribution in [0, 0.1) is 0 Å². The molecule has 0 saturated heterocycles. The molecular formula is C35H35N3O6S. The van der Waals surface area contributed by atoms with Crippen molar-refractivity contribution in [3.8, 4) is 17.2 Å². The van der Waals surface area contributed by atoms with Gasteiger partial charge in [0.05, 0.1) is 31.8 Å². The highest BCUT2D eigenvalue weighted by atomic mass is 32.2. The Balaban J connectivity index is 1.48. The highest BCUT2D eigenvalue weighted by molar-refractivity contribution is 8.00. The number of benzene rings is 4. The summed E-state index contributed by atoms with van der Waals surface area (Å²) < 4.78 is 16.5. The zero-order valence-corrected chi connectivity index (χ0v) is 26.3. The summed E-state index contributed by atoms with van der Waals surface area (Å²) in [5, 5.41) is 8.10. The number of ether oxygens (including phenoxy) is 3. The molecular weight excluding hydrogens is 590 g/mol. The molecule has 0 spiro atoms. The highest BCUT2D eigenvalue weighted by Gasteiger charge is 2.19. The fourth-order valence-electron chi connectivity index (χ4n) is 4.28. The number of carbonyl (C=O) groups excluding carboxylic acids is 3. The van der Waals surface area contributed by atoms with Crippen molar-refractivity contribution in [2.45, 2.75) is 24.0 Å². The molecule has 10 heteroatoms. The number of amides is 3. The molecule has 0 aliphatic rings. The van der Waals surface area contributed by atoms with Gasteiger partial charge < -0.3 is 30.2 Å². The van der Waals surface area contributed by atoms with Crippen molar-refractivity contribution in [2.24, 2.45) is 0 Å². The van der Waals surface area contributed by atoms with E-state index < -0.39 is 17.1 Å². The number of hydrogen-bond donors (Lipinski definition) is 3. The zero-order chi connectivity index (χ0) is 32.2. The topological polar surface area (TPSA) is 115 Å². The van der Waals surface area contributed by atoms with Gasteiger partial charge in [0.15, 0.2) is 11.5 Å². The molecule has 4 aromatic rings. The summed E-state index contributed by atoms with van der Waals surface area (Å²) in [6.07, 6.45) is 1.53.